The monoisotopic (exact) mass is 496 g/mol. The molecule has 1 aliphatic heterocycles. The van der Waals surface area contributed by atoms with E-state index in [0.29, 0.717) is 30.2 Å². The van der Waals surface area contributed by atoms with Crippen LogP contribution < -0.4 is 10.6 Å². The Bertz CT molecular complexity index is 1150. The van der Waals surface area contributed by atoms with E-state index in [1.807, 2.05) is 6.07 Å². The first-order valence-electron chi connectivity index (χ1n) is 12.5. The van der Waals surface area contributed by atoms with Crippen LogP contribution in [0.15, 0.2) is 42.9 Å². The summed E-state index contributed by atoms with van der Waals surface area (Å²) in [6, 6.07) is 10.5. The lowest BCUT2D eigenvalue weighted by Crippen LogP contribution is -2.50. The van der Waals surface area contributed by atoms with Crippen molar-refractivity contribution >= 4 is 34.2 Å². The van der Waals surface area contributed by atoms with Gasteiger partial charge in [-0.2, -0.15) is 0 Å². The minimum absolute atomic E-state index is 0.0234. The number of amides is 1. The molecule has 2 fully saturated rings. The average Bonchev–Trinajstić information content (AvgIpc) is 3.61. The van der Waals surface area contributed by atoms with Gasteiger partial charge in [0.25, 0.3) is 0 Å². The molecule has 5 rings (SSSR count). The zero-order valence-corrected chi connectivity index (χ0v) is 20.8. The largest absolute Gasteiger partial charge is 0.385 e. The fourth-order valence-corrected chi connectivity index (χ4v) is 5.40. The summed E-state index contributed by atoms with van der Waals surface area (Å²) in [5, 5.41) is 8.47. The number of anilines is 1. The maximum absolute atomic E-state index is 14.1. The molecule has 0 bridgehead atoms. The molecule has 1 saturated heterocycles. The van der Waals surface area contributed by atoms with Gasteiger partial charge in [-0.25, -0.2) is 9.97 Å². The molecule has 2 aromatic heterocycles. The van der Waals surface area contributed by atoms with Crippen LogP contribution in [0.3, 0.4) is 0 Å². The van der Waals surface area contributed by atoms with Gasteiger partial charge in [0.05, 0.1) is 12.0 Å². The lowest BCUT2D eigenvalue weighted by molar-refractivity contribution is -0.139. The summed E-state index contributed by atoms with van der Waals surface area (Å²) >= 11 is 6.02. The molecule has 3 aromatic rings. The van der Waals surface area contributed by atoms with Crippen molar-refractivity contribution in [2.75, 3.05) is 32.1 Å². The number of carbonyl (C=O) groups excluding carboxylic acids is 1. The molecular formula is C26H33ClN6O2. The Morgan fingerprint density at radius 3 is 2.94 bits per heavy atom. The number of rotatable bonds is 10. The van der Waals surface area contributed by atoms with Crippen molar-refractivity contribution in [3.05, 3.63) is 53.6 Å². The second kappa shape index (κ2) is 10.9. The topological polar surface area (TPSA) is 95.2 Å². The van der Waals surface area contributed by atoms with Crippen LogP contribution in [0.4, 0.5) is 5.82 Å². The van der Waals surface area contributed by atoms with Gasteiger partial charge in [-0.3, -0.25) is 4.79 Å². The fraction of sp³-hybridized carbons (Fsp3) is 0.500. The molecule has 35 heavy (non-hydrogen) atoms. The molecule has 1 amide bonds. The van der Waals surface area contributed by atoms with Gasteiger partial charge in [-0.15, -0.1) is 0 Å². The summed E-state index contributed by atoms with van der Waals surface area (Å²) in [7, 11) is 1.73. The number of benzene rings is 1. The van der Waals surface area contributed by atoms with Crippen LogP contribution in [-0.2, 0) is 9.53 Å². The summed E-state index contributed by atoms with van der Waals surface area (Å²) in [6.07, 6.45) is 8.19. The highest BCUT2D eigenvalue weighted by Crippen LogP contribution is 2.40. The highest BCUT2D eigenvalue weighted by Gasteiger charge is 2.42. The summed E-state index contributed by atoms with van der Waals surface area (Å²) in [6.45, 7) is 2.14. The van der Waals surface area contributed by atoms with Crippen LogP contribution in [0.5, 0.6) is 0 Å². The molecule has 0 radical (unpaired) electrons. The quantitative estimate of drug-likeness (QED) is 0.288. The van der Waals surface area contributed by atoms with Crippen molar-refractivity contribution < 1.29 is 9.53 Å². The van der Waals surface area contributed by atoms with Gasteiger partial charge in [0.2, 0.25) is 5.91 Å². The van der Waals surface area contributed by atoms with E-state index in [0.717, 1.165) is 44.2 Å². The Balaban J connectivity index is 1.37. The molecule has 1 aliphatic carbocycles. The molecule has 3 N–H and O–H groups in total. The predicted octanol–water partition coefficient (Wildman–Crippen LogP) is 4.16. The molecule has 8 nitrogen and oxygen atoms in total. The van der Waals surface area contributed by atoms with E-state index in [4.69, 9.17) is 16.3 Å². The molecule has 186 valence electrons. The van der Waals surface area contributed by atoms with Crippen LogP contribution in [0.25, 0.3) is 10.9 Å². The Hall–Kier alpha value is -2.68. The third-order valence-corrected chi connectivity index (χ3v) is 7.23. The van der Waals surface area contributed by atoms with Crippen LogP contribution in [0, 0.1) is 5.92 Å². The number of H-pyrrole nitrogens is 1. The maximum Gasteiger partial charge on any atom is 0.227 e. The Kier molecular flexibility index (Phi) is 7.51. The van der Waals surface area contributed by atoms with Crippen LogP contribution in [0.2, 0.25) is 5.15 Å². The second-order valence-electron chi connectivity index (χ2n) is 9.58. The average molecular weight is 497 g/mol. The van der Waals surface area contributed by atoms with E-state index < -0.39 is 0 Å². The third kappa shape index (κ3) is 5.60. The first-order chi connectivity index (χ1) is 17.1. The highest BCUT2D eigenvalue weighted by atomic mass is 35.5. The van der Waals surface area contributed by atoms with Crippen molar-refractivity contribution in [2.24, 2.45) is 5.92 Å². The molecule has 0 spiro atoms. The van der Waals surface area contributed by atoms with E-state index in [9.17, 15) is 4.79 Å². The fourth-order valence-electron chi connectivity index (χ4n) is 5.25. The number of carbonyl (C=O) groups is 1. The first-order valence-corrected chi connectivity index (χ1v) is 12.8. The van der Waals surface area contributed by atoms with Crippen molar-refractivity contribution in [1.29, 1.82) is 0 Å². The number of methoxy groups -OCH3 is 1. The lowest BCUT2D eigenvalue weighted by Gasteiger charge is -2.38. The van der Waals surface area contributed by atoms with E-state index in [1.165, 1.54) is 17.3 Å². The number of fused-ring (bicyclic) bond motifs is 1. The van der Waals surface area contributed by atoms with Crippen molar-refractivity contribution in [3.63, 3.8) is 0 Å². The number of nitrogens with one attached hydrogen (secondary N) is 3. The molecule has 2 aliphatic rings. The molecule has 9 heteroatoms. The molecular weight excluding hydrogens is 464 g/mol. The number of para-hydroxylation sites is 1. The molecule has 1 unspecified atom stereocenters. The van der Waals surface area contributed by atoms with Gasteiger partial charge in [0, 0.05) is 62.1 Å². The summed E-state index contributed by atoms with van der Waals surface area (Å²) in [4.78, 5) is 27.9. The number of hydrogen-bond donors (Lipinski definition) is 3. The molecule has 3 heterocycles. The molecule has 1 aromatic carbocycles. The maximum atomic E-state index is 14.1. The highest BCUT2D eigenvalue weighted by molar-refractivity contribution is 6.29. The normalized spacial score (nSPS) is 21.1. The van der Waals surface area contributed by atoms with Gasteiger partial charge in [-0.05, 0) is 43.7 Å². The number of halogens is 1. The Labute approximate surface area is 210 Å². The van der Waals surface area contributed by atoms with Crippen molar-refractivity contribution in [3.8, 4) is 0 Å². The first kappa shape index (κ1) is 24.0. The summed E-state index contributed by atoms with van der Waals surface area (Å²) < 4.78 is 5.36. The minimum atomic E-state index is -0.103. The number of ether oxygens (including phenoxy) is 1. The van der Waals surface area contributed by atoms with E-state index >= 15 is 0 Å². The Morgan fingerprint density at radius 2 is 2.14 bits per heavy atom. The second-order valence-corrected chi connectivity index (χ2v) is 9.96. The van der Waals surface area contributed by atoms with Gasteiger partial charge in [-0.1, -0.05) is 29.8 Å². The SMILES string of the molecule is COCCCC(c1c[nH]c2ccccc12)N(C(=O)[C@H]1CNC[C@@H](Nc2cc(Cl)ncn2)C1)C1CC1. The smallest absolute Gasteiger partial charge is 0.227 e. The van der Waals surface area contributed by atoms with Gasteiger partial charge in [0.15, 0.2) is 0 Å². The number of nitrogens with zero attached hydrogens (tertiary/aromatic N) is 3. The molecule has 3 atom stereocenters. The van der Waals surface area contributed by atoms with E-state index in [-0.39, 0.29) is 23.9 Å². The predicted molar refractivity (Wildman–Crippen MR) is 137 cm³/mol. The Morgan fingerprint density at radius 1 is 1.29 bits per heavy atom. The van der Waals surface area contributed by atoms with Crippen LogP contribution in [-0.4, -0.2) is 64.6 Å². The lowest BCUT2D eigenvalue weighted by atomic mass is 9.91. The molecule has 1 saturated carbocycles. The van der Waals surface area contributed by atoms with Crippen molar-refractivity contribution in [2.45, 2.75) is 50.2 Å². The van der Waals surface area contributed by atoms with Crippen LogP contribution in [0.1, 0.15) is 43.7 Å². The number of piperidine rings is 1. The standard InChI is InChI=1S/C26H33ClN6O2/c1-35-10-4-7-23(21-15-29-22-6-3-2-5-20(21)22)33(19-8-9-19)26(34)17-11-18(14-28-13-17)32-25-12-24(27)30-16-31-25/h2-3,5-6,12,15-19,23,28-29H,4,7-11,13-14H2,1H3,(H,30,31,32)/t17-,18+,23?/m1/s1. The number of aromatic amines is 1. The number of hydrogen-bond acceptors (Lipinski definition) is 6. The van der Waals surface area contributed by atoms with Gasteiger partial charge >= 0.3 is 0 Å². The van der Waals surface area contributed by atoms with Gasteiger partial charge in [0.1, 0.15) is 17.3 Å². The van der Waals surface area contributed by atoms with Gasteiger partial charge < -0.3 is 25.3 Å². The zero-order valence-electron chi connectivity index (χ0n) is 20.0. The minimum Gasteiger partial charge on any atom is -0.385 e. The van der Waals surface area contributed by atoms with Crippen LogP contribution >= 0.6 is 11.6 Å². The summed E-state index contributed by atoms with van der Waals surface area (Å²) in [5.41, 5.74) is 2.31. The van der Waals surface area contributed by atoms with E-state index in [1.54, 1.807) is 13.2 Å². The third-order valence-electron chi connectivity index (χ3n) is 7.02. The summed E-state index contributed by atoms with van der Waals surface area (Å²) in [5.74, 6) is 0.814. The van der Waals surface area contributed by atoms with Crippen molar-refractivity contribution in [1.82, 2.24) is 25.2 Å². The number of aromatic nitrogens is 3. The zero-order chi connectivity index (χ0) is 24.2. The van der Waals surface area contributed by atoms with E-state index in [2.05, 4.69) is 54.9 Å².